The number of rotatable bonds is 6. The Bertz CT molecular complexity index is 878. The van der Waals surface area contributed by atoms with Crippen molar-refractivity contribution in [2.75, 3.05) is 5.32 Å². The zero-order chi connectivity index (χ0) is 18.5. The summed E-state index contributed by atoms with van der Waals surface area (Å²) >= 11 is 0. The molecule has 0 aliphatic rings. The van der Waals surface area contributed by atoms with Gasteiger partial charge in [0.05, 0.1) is 12.2 Å². The van der Waals surface area contributed by atoms with Crippen LogP contribution in [0.4, 0.5) is 14.6 Å². The van der Waals surface area contributed by atoms with Crippen molar-refractivity contribution >= 4 is 11.7 Å². The molecule has 1 N–H and O–H groups in total. The first kappa shape index (κ1) is 17.6. The van der Waals surface area contributed by atoms with Gasteiger partial charge in [-0.25, -0.2) is 4.68 Å². The van der Waals surface area contributed by atoms with Gasteiger partial charge in [0.1, 0.15) is 11.6 Å². The summed E-state index contributed by atoms with van der Waals surface area (Å²) in [6, 6.07) is 17.0. The fraction of sp³-hybridized carbons (Fsp3) is 0.158. The van der Waals surface area contributed by atoms with E-state index in [0.717, 1.165) is 11.3 Å². The standard InChI is InChI=1S/C19H17F2N3O2/c1-13-11-17(24(23-13)12-14-5-3-2-4-6-14)22-18(25)15-7-9-16(10-8-15)26-19(20)21/h2-11,19H,12H2,1H3,(H,22,25). The van der Waals surface area contributed by atoms with E-state index in [4.69, 9.17) is 0 Å². The van der Waals surface area contributed by atoms with E-state index in [1.54, 1.807) is 10.7 Å². The predicted molar refractivity (Wildman–Crippen MR) is 93.5 cm³/mol. The Balaban J connectivity index is 1.73. The first-order valence-corrected chi connectivity index (χ1v) is 7.96. The summed E-state index contributed by atoms with van der Waals surface area (Å²) in [6.45, 7) is -0.538. The van der Waals surface area contributed by atoms with Crippen molar-refractivity contribution in [1.29, 1.82) is 0 Å². The zero-order valence-corrected chi connectivity index (χ0v) is 14.0. The molecular weight excluding hydrogens is 340 g/mol. The van der Waals surface area contributed by atoms with Gasteiger partial charge in [-0.2, -0.15) is 13.9 Å². The second kappa shape index (κ2) is 7.77. The lowest BCUT2D eigenvalue weighted by molar-refractivity contribution is -0.0498. The first-order valence-electron chi connectivity index (χ1n) is 7.96. The maximum atomic E-state index is 12.4. The second-order valence-electron chi connectivity index (χ2n) is 5.67. The molecule has 7 heteroatoms. The third kappa shape index (κ3) is 4.44. The minimum atomic E-state index is -2.90. The van der Waals surface area contributed by atoms with Crippen LogP contribution in [0.1, 0.15) is 21.6 Å². The third-order valence-corrected chi connectivity index (χ3v) is 3.66. The van der Waals surface area contributed by atoms with Crippen LogP contribution < -0.4 is 10.1 Å². The number of carbonyl (C=O) groups is 1. The Morgan fingerprint density at radius 1 is 1.15 bits per heavy atom. The number of amides is 1. The van der Waals surface area contributed by atoms with Crippen molar-refractivity contribution in [2.24, 2.45) is 0 Å². The number of benzene rings is 2. The molecule has 0 radical (unpaired) electrons. The molecule has 0 aliphatic heterocycles. The normalized spacial score (nSPS) is 10.8. The second-order valence-corrected chi connectivity index (χ2v) is 5.67. The highest BCUT2D eigenvalue weighted by Gasteiger charge is 2.12. The van der Waals surface area contributed by atoms with Gasteiger partial charge in [-0.05, 0) is 36.8 Å². The van der Waals surface area contributed by atoms with E-state index in [2.05, 4.69) is 15.2 Å². The molecule has 0 unspecified atom stereocenters. The number of ether oxygens (including phenoxy) is 1. The number of nitrogens with one attached hydrogen (secondary N) is 1. The number of halogens is 2. The Labute approximate surface area is 149 Å². The number of hydrogen-bond acceptors (Lipinski definition) is 3. The Kier molecular flexibility index (Phi) is 5.26. The third-order valence-electron chi connectivity index (χ3n) is 3.66. The van der Waals surface area contributed by atoms with E-state index in [1.165, 1.54) is 24.3 Å². The van der Waals surface area contributed by atoms with Crippen molar-refractivity contribution in [3.8, 4) is 5.75 Å². The lowest BCUT2D eigenvalue weighted by Gasteiger charge is -2.10. The van der Waals surface area contributed by atoms with Crippen LogP contribution in [0.3, 0.4) is 0 Å². The summed E-state index contributed by atoms with van der Waals surface area (Å²) < 4.78 is 30.3. The number of aryl methyl sites for hydroxylation is 1. The van der Waals surface area contributed by atoms with Crippen LogP contribution in [0.5, 0.6) is 5.75 Å². The van der Waals surface area contributed by atoms with Gasteiger partial charge in [0, 0.05) is 11.6 Å². The summed E-state index contributed by atoms with van der Waals surface area (Å²) in [5.41, 5.74) is 2.16. The summed E-state index contributed by atoms with van der Waals surface area (Å²) in [7, 11) is 0. The molecule has 2 aromatic carbocycles. The number of alkyl halides is 2. The van der Waals surface area contributed by atoms with Crippen molar-refractivity contribution in [2.45, 2.75) is 20.1 Å². The Morgan fingerprint density at radius 3 is 2.50 bits per heavy atom. The SMILES string of the molecule is Cc1cc(NC(=O)c2ccc(OC(F)F)cc2)n(Cc2ccccc2)n1. The maximum absolute atomic E-state index is 12.4. The molecule has 134 valence electrons. The van der Waals surface area contributed by atoms with E-state index in [1.807, 2.05) is 37.3 Å². The topological polar surface area (TPSA) is 56.1 Å². The van der Waals surface area contributed by atoms with Gasteiger partial charge in [0.15, 0.2) is 0 Å². The van der Waals surface area contributed by atoms with Gasteiger partial charge in [-0.3, -0.25) is 4.79 Å². The molecule has 3 rings (SSSR count). The maximum Gasteiger partial charge on any atom is 0.387 e. The summed E-state index contributed by atoms with van der Waals surface area (Å²) in [4.78, 5) is 12.4. The van der Waals surface area contributed by atoms with Crippen molar-refractivity contribution < 1.29 is 18.3 Å². The summed E-state index contributed by atoms with van der Waals surface area (Å²) in [5, 5.41) is 7.20. The van der Waals surface area contributed by atoms with Crippen LogP contribution in [0.2, 0.25) is 0 Å². The minimum absolute atomic E-state index is 0.00140. The average Bonchev–Trinajstić information content (AvgIpc) is 2.95. The van der Waals surface area contributed by atoms with Crippen molar-refractivity contribution in [3.63, 3.8) is 0 Å². The molecule has 1 amide bonds. The highest BCUT2D eigenvalue weighted by atomic mass is 19.3. The lowest BCUT2D eigenvalue weighted by atomic mass is 10.2. The lowest BCUT2D eigenvalue weighted by Crippen LogP contribution is -2.16. The highest BCUT2D eigenvalue weighted by molar-refractivity contribution is 6.03. The molecule has 0 atom stereocenters. The first-order chi connectivity index (χ1) is 12.5. The number of hydrogen-bond donors (Lipinski definition) is 1. The number of anilines is 1. The van der Waals surface area contributed by atoms with Gasteiger partial charge in [-0.15, -0.1) is 0 Å². The summed E-state index contributed by atoms with van der Waals surface area (Å²) in [6.07, 6.45) is 0. The van der Waals surface area contributed by atoms with Crippen LogP contribution in [0.25, 0.3) is 0 Å². The molecule has 3 aromatic rings. The smallest absolute Gasteiger partial charge is 0.387 e. The summed E-state index contributed by atoms with van der Waals surface area (Å²) in [5.74, 6) is 0.202. The molecule has 0 aliphatic carbocycles. The Hall–Kier alpha value is -3.22. The fourth-order valence-electron chi connectivity index (χ4n) is 2.50. The van der Waals surface area contributed by atoms with E-state index >= 15 is 0 Å². The van der Waals surface area contributed by atoms with Crippen LogP contribution in [-0.4, -0.2) is 22.3 Å². The molecule has 0 saturated heterocycles. The van der Waals surface area contributed by atoms with Crippen molar-refractivity contribution in [3.05, 3.63) is 77.5 Å². The predicted octanol–water partition coefficient (Wildman–Crippen LogP) is 4.09. The molecule has 0 spiro atoms. The zero-order valence-electron chi connectivity index (χ0n) is 14.0. The van der Waals surface area contributed by atoms with Gasteiger partial charge in [0.2, 0.25) is 0 Å². The molecule has 26 heavy (non-hydrogen) atoms. The van der Waals surface area contributed by atoms with Crippen LogP contribution in [0.15, 0.2) is 60.7 Å². The molecule has 0 saturated carbocycles. The number of carbonyl (C=O) groups excluding carboxylic acids is 1. The average molecular weight is 357 g/mol. The van der Waals surface area contributed by atoms with Gasteiger partial charge < -0.3 is 10.1 Å². The molecule has 1 aromatic heterocycles. The van der Waals surface area contributed by atoms with Gasteiger partial charge >= 0.3 is 6.61 Å². The fourth-order valence-corrected chi connectivity index (χ4v) is 2.50. The van der Waals surface area contributed by atoms with Crippen LogP contribution in [0, 0.1) is 6.92 Å². The number of nitrogens with zero attached hydrogens (tertiary/aromatic N) is 2. The largest absolute Gasteiger partial charge is 0.435 e. The van der Waals surface area contributed by atoms with Crippen LogP contribution in [-0.2, 0) is 6.54 Å². The van der Waals surface area contributed by atoms with Gasteiger partial charge in [-0.1, -0.05) is 30.3 Å². The molecule has 1 heterocycles. The van der Waals surface area contributed by atoms with E-state index in [-0.39, 0.29) is 11.7 Å². The van der Waals surface area contributed by atoms with Gasteiger partial charge in [0.25, 0.3) is 5.91 Å². The quantitative estimate of drug-likeness (QED) is 0.723. The minimum Gasteiger partial charge on any atom is -0.435 e. The number of aromatic nitrogens is 2. The van der Waals surface area contributed by atoms with E-state index in [0.29, 0.717) is 17.9 Å². The molecule has 5 nitrogen and oxygen atoms in total. The Morgan fingerprint density at radius 2 is 1.85 bits per heavy atom. The molecular formula is C19H17F2N3O2. The van der Waals surface area contributed by atoms with Crippen LogP contribution >= 0.6 is 0 Å². The molecule has 0 bridgehead atoms. The van der Waals surface area contributed by atoms with E-state index in [9.17, 15) is 13.6 Å². The van der Waals surface area contributed by atoms with Crippen molar-refractivity contribution in [1.82, 2.24) is 9.78 Å². The molecule has 0 fully saturated rings. The highest BCUT2D eigenvalue weighted by Crippen LogP contribution is 2.17. The monoisotopic (exact) mass is 357 g/mol. The van der Waals surface area contributed by atoms with E-state index < -0.39 is 6.61 Å².